The summed E-state index contributed by atoms with van der Waals surface area (Å²) in [5, 5.41) is 19.4. The van der Waals surface area contributed by atoms with E-state index < -0.39 is 23.9 Å². The van der Waals surface area contributed by atoms with E-state index in [2.05, 4.69) is 0 Å². The number of carbonyl (C=O) groups is 3. The molecule has 7 nitrogen and oxygen atoms in total. The fourth-order valence-electron chi connectivity index (χ4n) is 3.57. The smallest absolute Gasteiger partial charge is 0.336 e. The van der Waals surface area contributed by atoms with Crippen LogP contribution in [0.1, 0.15) is 33.2 Å². The fourth-order valence-corrected chi connectivity index (χ4v) is 3.57. The zero-order valence-corrected chi connectivity index (χ0v) is 17.4. The summed E-state index contributed by atoms with van der Waals surface area (Å²) in [6.07, 6.45) is 0.182. The van der Waals surface area contributed by atoms with Gasteiger partial charge in [0, 0.05) is 0 Å². The molecule has 3 rings (SSSR count). The Bertz CT molecular complexity index is 1170. The molecule has 0 bridgehead atoms. The molecule has 0 aliphatic carbocycles. The van der Waals surface area contributed by atoms with Crippen molar-refractivity contribution in [2.75, 3.05) is 6.61 Å². The molecular weight excluding hydrogens is 410 g/mol. The van der Waals surface area contributed by atoms with Crippen molar-refractivity contribution in [1.82, 2.24) is 0 Å². The summed E-state index contributed by atoms with van der Waals surface area (Å²) >= 11 is 0. The van der Waals surface area contributed by atoms with Gasteiger partial charge in [-0.05, 0) is 53.3 Å². The molecule has 0 aliphatic heterocycles. The lowest BCUT2D eigenvalue weighted by atomic mass is 9.87. The Balaban J connectivity index is 2.20. The first-order chi connectivity index (χ1) is 15.3. The average molecular weight is 433 g/mol. The lowest BCUT2D eigenvalue weighted by molar-refractivity contribution is -0.144. The topological polar surface area (TPSA) is 127 Å². The Morgan fingerprint density at radius 1 is 0.812 bits per heavy atom. The minimum absolute atomic E-state index is 0.0772. The van der Waals surface area contributed by atoms with Gasteiger partial charge in [0.05, 0.1) is 17.7 Å². The highest BCUT2D eigenvalue weighted by atomic mass is 16.5. The van der Waals surface area contributed by atoms with E-state index in [1.54, 1.807) is 61.5 Å². The maximum Gasteiger partial charge on any atom is 0.336 e. The third-order valence-corrected chi connectivity index (χ3v) is 5.02. The normalized spacial score (nSPS) is 11.6. The zero-order chi connectivity index (χ0) is 23.3. The van der Waals surface area contributed by atoms with Crippen molar-refractivity contribution in [2.24, 2.45) is 5.73 Å². The van der Waals surface area contributed by atoms with E-state index in [-0.39, 0.29) is 24.2 Å². The number of ether oxygens (including phenoxy) is 1. The number of hydrogen-bond acceptors (Lipinski definition) is 5. The second kappa shape index (κ2) is 9.89. The van der Waals surface area contributed by atoms with E-state index in [0.717, 1.165) is 0 Å². The van der Waals surface area contributed by atoms with Gasteiger partial charge in [-0.25, -0.2) is 9.59 Å². The summed E-state index contributed by atoms with van der Waals surface area (Å²) in [7, 11) is 0. The molecule has 0 saturated heterocycles. The molecule has 0 fully saturated rings. The fraction of sp³-hybridized carbons (Fsp3) is 0.160. The molecule has 0 saturated carbocycles. The number of hydrogen-bond donors (Lipinski definition) is 3. The molecule has 0 unspecified atom stereocenters. The maximum atomic E-state index is 12.0. The number of carboxylic acid groups (broad SMARTS) is 2. The number of carboxylic acids is 2. The number of rotatable bonds is 8. The van der Waals surface area contributed by atoms with Crippen LogP contribution in [-0.2, 0) is 16.0 Å². The molecule has 0 heterocycles. The van der Waals surface area contributed by atoms with Crippen molar-refractivity contribution < 1.29 is 29.3 Å². The third kappa shape index (κ3) is 4.84. The van der Waals surface area contributed by atoms with Crippen LogP contribution in [0, 0.1) is 0 Å². The first kappa shape index (κ1) is 22.7. The Morgan fingerprint density at radius 3 is 1.88 bits per heavy atom. The van der Waals surface area contributed by atoms with Crippen molar-refractivity contribution in [2.45, 2.75) is 19.4 Å². The number of nitrogens with two attached hydrogens (primary N) is 1. The zero-order valence-electron chi connectivity index (χ0n) is 17.4. The Labute approximate surface area is 185 Å². The van der Waals surface area contributed by atoms with E-state index >= 15 is 0 Å². The summed E-state index contributed by atoms with van der Waals surface area (Å²) in [5.74, 6) is -2.72. The average Bonchev–Trinajstić information content (AvgIpc) is 2.79. The quantitative estimate of drug-likeness (QED) is 0.461. The molecule has 0 aromatic heterocycles. The molecule has 0 radical (unpaired) electrons. The molecular formula is C25H23NO6. The molecule has 32 heavy (non-hydrogen) atoms. The molecule has 164 valence electrons. The predicted octanol–water partition coefficient (Wildman–Crippen LogP) is 3.85. The van der Waals surface area contributed by atoms with Crippen LogP contribution in [0.5, 0.6) is 0 Å². The van der Waals surface area contributed by atoms with Crippen LogP contribution in [0.25, 0.3) is 22.3 Å². The summed E-state index contributed by atoms with van der Waals surface area (Å²) < 4.78 is 4.97. The van der Waals surface area contributed by atoms with Gasteiger partial charge in [0.2, 0.25) is 0 Å². The first-order valence-corrected chi connectivity index (χ1v) is 10.0. The third-order valence-electron chi connectivity index (χ3n) is 5.02. The summed E-state index contributed by atoms with van der Waals surface area (Å²) in [4.78, 5) is 35.6. The van der Waals surface area contributed by atoms with E-state index in [0.29, 0.717) is 27.8 Å². The van der Waals surface area contributed by atoms with E-state index in [1.165, 1.54) is 12.1 Å². The van der Waals surface area contributed by atoms with Crippen molar-refractivity contribution in [3.05, 3.63) is 83.4 Å². The molecule has 1 atom stereocenters. The van der Waals surface area contributed by atoms with Gasteiger partial charge in [0.15, 0.2) is 0 Å². The van der Waals surface area contributed by atoms with Gasteiger partial charge >= 0.3 is 17.9 Å². The van der Waals surface area contributed by atoms with Crippen molar-refractivity contribution >= 4 is 17.9 Å². The van der Waals surface area contributed by atoms with Crippen LogP contribution in [0.15, 0.2) is 66.7 Å². The maximum absolute atomic E-state index is 12.0. The number of benzene rings is 3. The highest BCUT2D eigenvalue weighted by Gasteiger charge is 2.21. The van der Waals surface area contributed by atoms with Gasteiger partial charge in [0.25, 0.3) is 0 Å². The second-order valence-corrected chi connectivity index (χ2v) is 7.14. The summed E-state index contributed by atoms with van der Waals surface area (Å²) in [5.41, 5.74) is 8.81. The molecule has 0 spiro atoms. The number of esters is 1. The molecule has 0 amide bonds. The van der Waals surface area contributed by atoms with Gasteiger partial charge in [-0.2, -0.15) is 0 Å². The minimum atomic E-state index is -1.10. The standard InChI is InChI=1S/C25H23NO6/c1-2-32-25(31)22(26)14-15-11-12-18(16-7-3-5-9-19(16)23(27)28)21(13-15)17-8-4-6-10-20(17)24(29)30/h3-13,22H,2,14,26H2,1H3,(H,27,28)(H,29,30)/t22-/m0/s1. The largest absolute Gasteiger partial charge is 0.478 e. The van der Waals surface area contributed by atoms with Gasteiger partial charge < -0.3 is 20.7 Å². The van der Waals surface area contributed by atoms with Gasteiger partial charge in [-0.1, -0.05) is 54.6 Å². The molecule has 3 aromatic rings. The summed E-state index contributed by atoms with van der Waals surface area (Å²) in [6.45, 7) is 1.91. The van der Waals surface area contributed by atoms with Crippen molar-refractivity contribution in [3.8, 4) is 22.3 Å². The minimum Gasteiger partial charge on any atom is -0.478 e. The highest BCUT2D eigenvalue weighted by Crippen LogP contribution is 2.36. The lowest BCUT2D eigenvalue weighted by Gasteiger charge is -2.17. The van der Waals surface area contributed by atoms with E-state index in [9.17, 15) is 24.6 Å². The van der Waals surface area contributed by atoms with Gasteiger partial charge in [-0.15, -0.1) is 0 Å². The Kier molecular flexibility index (Phi) is 7.02. The van der Waals surface area contributed by atoms with Crippen LogP contribution < -0.4 is 5.73 Å². The summed E-state index contributed by atoms with van der Waals surface area (Å²) in [6, 6.07) is 17.4. The Hall–Kier alpha value is -3.97. The second-order valence-electron chi connectivity index (χ2n) is 7.14. The predicted molar refractivity (Wildman–Crippen MR) is 120 cm³/mol. The van der Waals surface area contributed by atoms with E-state index in [4.69, 9.17) is 10.5 Å². The Morgan fingerprint density at radius 2 is 1.34 bits per heavy atom. The molecule has 0 aliphatic rings. The van der Waals surface area contributed by atoms with Crippen LogP contribution in [-0.4, -0.2) is 40.8 Å². The van der Waals surface area contributed by atoms with Crippen LogP contribution in [0.2, 0.25) is 0 Å². The molecule has 7 heteroatoms. The number of aromatic carboxylic acids is 2. The van der Waals surface area contributed by atoms with Crippen molar-refractivity contribution in [3.63, 3.8) is 0 Å². The van der Waals surface area contributed by atoms with E-state index in [1.807, 2.05) is 0 Å². The monoisotopic (exact) mass is 433 g/mol. The van der Waals surface area contributed by atoms with Gasteiger partial charge in [0.1, 0.15) is 6.04 Å². The van der Waals surface area contributed by atoms with Crippen LogP contribution >= 0.6 is 0 Å². The van der Waals surface area contributed by atoms with Crippen LogP contribution in [0.3, 0.4) is 0 Å². The highest BCUT2D eigenvalue weighted by molar-refractivity contribution is 6.02. The molecule has 3 aromatic carbocycles. The van der Waals surface area contributed by atoms with Crippen molar-refractivity contribution in [1.29, 1.82) is 0 Å². The first-order valence-electron chi connectivity index (χ1n) is 10.0. The lowest BCUT2D eigenvalue weighted by Crippen LogP contribution is -2.34. The molecule has 4 N–H and O–H groups in total. The number of carbonyl (C=O) groups excluding carboxylic acids is 1. The van der Waals surface area contributed by atoms with Gasteiger partial charge in [-0.3, -0.25) is 4.79 Å². The SMILES string of the molecule is CCOC(=O)[C@@H](N)Cc1ccc(-c2ccccc2C(=O)O)c(-c2ccccc2C(=O)O)c1. The van der Waals surface area contributed by atoms with Crippen LogP contribution in [0.4, 0.5) is 0 Å².